The number of rotatable bonds is 3. The first-order valence-corrected chi connectivity index (χ1v) is 8.53. The summed E-state index contributed by atoms with van der Waals surface area (Å²) in [5, 5.41) is 20.2. The number of methoxy groups -OCH3 is 1. The summed E-state index contributed by atoms with van der Waals surface area (Å²) in [5.74, 6) is 1.22. The number of anilines is 2. The number of aliphatic hydroxyl groups excluding tert-OH is 1. The molecule has 0 spiro atoms. The van der Waals surface area contributed by atoms with E-state index in [-0.39, 0.29) is 5.41 Å². The second-order valence-electron chi connectivity index (χ2n) is 7.68. The third-order valence-corrected chi connectivity index (χ3v) is 4.40. The Labute approximate surface area is 154 Å². The van der Waals surface area contributed by atoms with E-state index in [0.717, 1.165) is 5.69 Å². The maximum Gasteiger partial charge on any atom is 0.208 e. The van der Waals surface area contributed by atoms with Crippen LogP contribution in [-0.2, 0) is 0 Å². The number of ether oxygens (including phenoxy) is 1. The van der Waals surface area contributed by atoms with Gasteiger partial charge in [-0.3, -0.25) is 0 Å². The van der Waals surface area contributed by atoms with Crippen LogP contribution in [0.4, 0.5) is 11.5 Å². The average Bonchev–Trinajstić information content (AvgIpc) is 2.84. The summed E-state index contributed by atoms with van der Waals surface area (Å²) < 4.78 is 5.29. The van der Waals surface area contributed by atoms with Crippen molar-refractivity contribution in [3.63, 3.8) is 0 Å². The van der Waals surface area contributed by atoms with E-state index in [0.29, 0.717) is 34.9 Å². The lowest BCUT2D eigenvalue weighted by Crippen LogP contribution is -2.44. The summed E-state index contributed by atoms with van der Waals surface area (Å²) in [6, 6.07) is 11.5. The molecule has 2 heterocycles. The molecule has 2 aromatic rings. The van der Waals surface area contributed by atoms with E-state index >= 15 is 0 Å². The highest BCUT2D eigenvalue weighted by atomic mass is 16.5. The molecule has 1 aromatic carbocycles. The van der Waals surface area contributed by atoms with Crippen molar-refractivity contribution in [2.24, 2.45) is 5.41 Å². The highest BCUT2D eigenvalue weighted by Crippen LogP contribution is 2.40. The topological polar surface area (TPSA) is 72.6 Å². The zero-order valence-electron chi connectivity index (χ0n) is 15.8. The van der Waals surface area contributed by atoms with Gasteiger partial charge in [0.15, 0.2) is 5.82 Å². The van der Waals surface area contributed by atoms with E-state index < -0.39 is 6.35 Å². The standard InChI is InChI=1S/C20H24N4O2/c1-20(2,3)12-24-16-10-9-15(22-18(16)23(4)19(24)25)13-7-6-8-17(26-5)14(13)11-21/h6-10,19,25H,12H2,1-5H3. The van der Waals surface area contributed by atoms with Crippen LogP contribution in [0.1, 0.15) is 26.3 Å². The lowest BCUT2D eigenvalue weighted by molar-refractivity contribution is 0.166. The molecule has 0 radical (unpaired) electrons. The summed E-state index contributed by atoms with van der Waals surface area (Å²) >= 11 is 0. The van der Waals surface area contributed by atoms with Crippen molar-refractivity contribution < 1.29 is 9.84 Å². The van der Waals surface area contributed by atoms with Crippen molar-refractivity contribution in [1.82, 2.24) is 4.98 Å². The van der Waals surface area contributed by atoms with Crippen molar-refractivity contribution in [1.29, 1.82) is 5.26 Å². The minimum Gasteiger partial charge on any atom is -0.495 e. The van der Waals surface area contributed by atoms with Gasteiger partial charge in [0, 0.05) is 19.2 Å². The van der Waals surface area contributed by atoms with Crippen LogP contribution >= 0.6 is 0 Å². The van der Waals surface area contributed by atoms with Gasteiger partial charge in [-0.05, 0) is 23.6 Å². The van der Waals surface area contributed by atoms with E-state index in [2.05, 4.69) is 26.8 Å². The Bertz CT molecular complexity index is 867. The molecule has 6 nitrogen and oxygen atoms in total. The van der Waals surface area contributed by atoms with Crippen molar-refractivity contribution in [2.45, 2.75) is 27.1 Å². The van der Waals surface area contributed by atoms with Crippen molar-refractivity contribution >= 4 is 11.5 Å². The van der Waals surface area contributed by atoms with Crippen molar-refractivity contribution in [3.8, 4) is 23.1 Å². The number of hydrogen-bond acceptors (Lipinski definition) is 6. The van der Waals surface area contributed by atoms with Gasteiger partial charge in [0.25, 0.3) is 0 Å². The van der Waals surface area contributed by atoms with E-state index in [4.69, 9.17) is 9.72 Å². The number of nitrogens with zero attached hydrogens (tertiary/aromatic N) is 4. The van der Waals surface area contributed by atoms with Gasteiger partial charge < -0.3 is 19.6 Å². The number of nitriles is 1. The molecule has 1 atom stereocenters. The predicted octanol–water partition coefficient (Wildman–Crippen LogP) is 3.21. The molecule has 0 saturated carbocycles. The molecule has 1 aliphatic rings. The molecule has 0 amide bonds. The monoisotopic (exact) mass is 352 g/mol. The number of fused-ring (bicyclic) bond motifs is 1. The fourth-order valence-corrected chi connectivity index (χ4v) is 3.23. The average molecular weight is 352 g/mol. The molecule has 3 rings (SSSR count). The van der Waals surface area contributed by atoms with E-state index in [1.165, 1.54) is 0 Å². The second kappa shape index (κ2) is 6.50. The molecule has 0 bridgehead atoms. The quantitative estimate of drug-likeness (QED) is 0.914. The van der Waals surface area contributed by atoms with Crippen molar-refractivity contribution in [3.05, 3.63) is 35.9 Å². The molecule has 6 heteroatoms. The Morgan fingerprint density at radius 3 is 2.62 bits per heavy atom. The van der Waals surface area contributed by atoms with Gasteiger partial charge in [-0.2, -0.15) is 5.26 Å². The normalized spacial score (nSPS) is 16.4. The Morgan fingerprint density at radius 1 is 1.27 bits per heavy atom. The molecule has 1 unspecified atom stereocenters. The summed E-state index contributed by atoms with van der Waals surface area (Å²) in [5.41, 5.74) is 2.76. The van der Waals surface area contributed by atoms with Crippen LogP contribution in [0.25, 0.3) is 11.3 Å². The van der Waals surface area contributed by atoms with Crippen LogP contribution in [0.3, 0.4) is 0 Å². The zero-order chi connectivity index (χ0) is 19.1. The Kier molecular flexibility index (Phi) is 4.51. The number of pyridine rings is 1. The van der Waals surface area contributed by atoms with Gasteiger partial charge in [0.2, 0.25) is 6.35 Å². The SMILES string of the molecule is COc1cccc(-c2ccc3c(n2)N(C)C(O)N3CC(C)(C)C)c1C#N. The smallest absolute Gasteiger partial charge is 0.208 e. The number of benzene rings is 1. The fourth-order valence-electron chi connectivity index (χ4n) is 3.23. The fraction of sp³-hybridized carbons (Fsp3) is 0.400. The summed E-state index contributed by atoms with van der Waals surface area (Å²) in [6.07, 6.45) is -0.757. The number of hydrogen-bond donors (Lipinski definition) is 1. The summed E-state index contributed by atoms with van der Waals surface area (Å²) in [6.45, 7) is 7.11. The lowest BCUT2D eigenvalue weighted by atomic mass is 9.96. The predicted molar refractivity (Wildman–Crippen MR) is 102 cm³/mol. The van der Waals surface area contributed by atoms with Gasteiger partial charge >= 0.3 is 0 Å². The maximum atomic E-state index is 10.6. The minimum absolute atomic E-state index is 0.0306. The second-order valence-corrected chi connectivity index (χ2v) is 7.68. The van der Waals surface area contributed by atoms with Gasteiger partial charge in [-0.15, -0.1) is 0 Å². The minimum atomic E-state index is -0.757. The number of aromatic nitrogens is 1. The Morgan fingerprint density at radius 2 is 2.00 bits per heavy atom. The molecule has 0 aliphatic carbocycles. The Hall–Kier alpha value is -2.78. The van der Waals surface area contributed by atoms with Crippen LogP contribution in [0.5, 0.6) is 5.75 Å². The summed E-state index contributed by atoms with van der Waals surface area (Å²) in [4.78, 5) is 8.43. The van der Waals surface area contributed by atoms with Crippen LogP contribution in [0.15, 0.2) is 30.3 Å². The van der Waals surface area contributed by atoms with E-state index in [9.17, 15) is 10.4 Å². The molecule has 26 heavy (non-hydrogen) atoms. The number of aliphatic hydroxyl groups is 1. The van der Waals surface area contributed by atoms with E-state index in [1.807, 2.05) is 36.2 Å². The molecule has 0 fully saturated rings. The molecule has 136 valence electrons. The molecule has 1 aromatic heterocycles. The van der Waals surface area contributed by atoms with Crippen LogP contribution in [0, 0.1) is 16.7 Å². The molecule has 1 N–H and O–H groups in total. The maximum absolute atomic E-state index is 10.6. The third-order valence-electron chi connectivity index (χ3n) is 4.40. The molecule has 0 saturated heterocycles. The zero-order valence-corrected chi connectivity index (χ0v) is 15.8. The highest BCUT2D eigenvalue weighted by Gasteiger charge is 2.35. The Balaban J connectivity index is 2.08. The van der Waals surface area contributed by atoms with Gasteiger partial charge in [0.1, 0.15) is 17.4 Å². The van der Waals surface area contributed by atoms with Crippen molar-refractivity contribution in [2.75, 3.05) is 30.5 Å². The van der Waals surface area contributed by atoms with Gasteiger partial charge in [-0.25, -0.2) is 4.98 Å². The highest BCUT2D eigenvalue weighted by molar-refractivity contribution is 5.79. The first-order valence-electron chi connectivity index (χ1n) is 8.53. The summed E-state index contributed by atoms with van der Waals surface area (Å²) in [7, 11) is 3.37. The van der Waals surface area contributed by atoms with Gasteiger partial charge in [0.05, 0.1) is 18.5 Å². The first kappa shape index (κ1) is 18.0. The molecular formula is C20H24N4O2. The van der Waals surface area contributed by atoms with Crippen LogP contribution < -0.4 is 14.5 Å². The van der Waals surface area contributed by atoms with Crippen LogP contribution in [0.2, 0.25) is 0 Å². The van der Waals surface area contributed by atoms with E-state index in [1.54, 1.807) is 18.1 Å². The van der Waals surface area contributed by atoms with Gasteiger partial charge in [-0.1, -0.05) is 32.9 Å². The third kappa shape index (κ3) is 3.06. The van der Waals surface area contributed by atoms with Crippen LogP contribution in [-0.4, -0.2) is 37.1 Å². The lowest BCUT2D eigenvalue weighted by Gasteiger charge is -2.31. The molecule has 1 aliphatic heterocycles. The largest absolute Gasteiger partial charge is 0.495 e. The first-order chi connectivity index (χ1) is 12.3. The molecular weight excluding hydrogens is 328 g/mol.